The van der Waals surface area contributed by atoms with Crippen LogP contribution in [0.15, 0.2) is 24.3 Å². The van der Waals surface area contributed by atoms with Gasteiger partial charge in [0.25, 0.3) is 0 Å². The highest BCUT2D eigenvalue weighted by Gasteiger charge is 2.21. The first kappa shape index (κ1) is 12.1. The summed E-state index contributed by atoms with van der Waals surface area (Å²) in [7, 11) is 0. The summed E-state index contributed by atoms with van der Waals surface area (Å²) in [6.07, 6.45) is 4.28. The lowest BCUT2D eigenvalue weighted by Crippen LogP contribution is -2.35. The van der Waals surface area contributed by atoms with Gasteiger partial charge in [-0.05, 0) is 43.5 Å². The van der Waals surface area contributed by atoms with E-state index in [1.54, 1.807) is 0 Å². The fraction of sp³-hybridized carbons (Fsp3) is 0.500. The minimum Gasteiger partial charge on any atom is -0.325 e. The number of amides is 1. The highest BCUT2D eigenvalue weighted by molar-refractivity contribution is 5.95. The van der Waals surface area contributed by atoms with Crippen LogP contribution in [0.4, 0.5) is 5.69 Å². The van der Waals surface area contributed by atoms with E-state index in [0.717, 1.165) is 37.9 Å². The molecule has 92 valence electrons. The molecule has 0 saturated carbocycles. The van der Waals surface area contributed by atoms with Gasteiger partial charge >= 0.3 is 0 Å². The van der Waals surface area contributed by atoms with Crippen LogP contribution in [0.2, 0.25) is 0 Å². The molecule has 1 aromatic rings. The van der Waals surface area contributed by atoms with Crippen molar-refractivity contribution in [3.05, 3.63) is 29.8 Å². The summed E-state index contributed by atoms with van der Waals surface area (Å²) in [5.41, 5.74) is 2.22. The van der Waals surface area contributed by atoms with Crippen LogP contribution in [-0.4, -0.2) is 18.5 Å². The number of anilines is 1. The fourth-order valence-corrected chi connectivity index (χ4v) is 2.18. The molecule has 1 fully saturated rings. The summed E-state index contributed by atoms with van der Waals surface area (Å²) in [6, 6.07) is 8.13. The average Bonchev–Trinajstić information content (AvgIpc) is 2.86. The molecule has 2 N–H and O–H groups in total. The summed E-state index contributed by atoms with van der Waals surface area (Å²) in [6.45, 7) is 3.12. The van der Waals surface area contributed by atoms with Crippen LogP contribution in [0, 0.1) is 0 Å². The Morgan fingerprint density at radius 2 is 2.18 bits per heavy atom. The van der Waals surface area contributed by atoms with E-state index in [4.69, 9.17) is 0 Å². The van der Waals surface area contributed by atoms with Crippen LogP contribution >= 0.6 is 0 Å². The molecule has 1 saturated heterocycles. The first-order valence-electron chi connectivity index (χ1n) is 6.43. The minimum atomic E-state index is -0.00896. The molecule has 1 heterocycles. The molecule has 0 bridgehead atoms. The summed E-state index contributed by atoms with van der Waals surface area (Å²) >= 11 is 0. The second kappa shape index (κ2) is 5.82. The SMILES string of the molecule is CCCc1ccc(NC(=O)C2CCCN2)cc1. The molecule has 1 aliphatic rings. The largest absolute Gasteiger partial charge is 0.325 e. The molecule has 2 rings (SSSR count). The number of rotatable bonds is 4. The van der Waals surface area contributed by atoms with Crippen LogP contribution in [0.5, 0.6) is 0 Å². The van der Waals surface area contributed by atoms with E-state index < -0.39 is 0 Å². The van der Waals surface area contributed by atoms with Gasteiger partial charge in [0, 0.05) is 5.69 Å². The van der Waals surface area contributed by atoms with E-state index >= 15 is 0 Å². The van der Waals surface area contributed by atoms with Gasteiger partial charge in [0.2, 0.25) is 5.91 Å². The highest BCUT2D eigenvalue weighted by atomic mass is 16.2. The van der Waals surface area contributed by atoms with Gasteiger partial charge in [0.1, 0.15) is 0 Å². The number of hydrogen-bond acceptors (Lipinski definition) is 2. The average molecular weight is 232 g/mol. The molecule has 1 atom stereocenters. The summed E-state index contributed by atoms with van der Waals surface area (Å²) in [5, 5.41) is 6.15. The molecule has 0 spiro atoms. The molecule has 0 aliphatic carbocycles. The van der Waals surface area contributed by atoms with Crippen molar-refractivity contribution in [3.8, 4) is 0 Å². The first-order chi connectivity index (χ1) is 8.29. The van der Waals surface area contributed by atoms with Gasteiger partial charge in [0.05, 0.1) is 6.04 Å². The number of hydrogen-bond donors (Lipinski definition) is 2. The smallest absolute Gasteiger partial charge is 0.241 e. The Morgan fingerprint density at radius 3 is 2.76 bits per heavy atom. The maximum atomic E-state index is 11.9. The van der Waals surface area contributed by atoms with Crippen LogP contribution in [0.25, 0.3) is 0 Å². The Morgan fingerprint density at radius 1 is 1.41 bits per heavy atom. The van der Waals surface area contributed by atoms with Crippen molar-refractivity contribution >= 4 is 11.6 Å². The third kappa shape index (κ3) is 3.30. The quantitative estimate of drug-likeness (QED) is 0.836. The normalized spacial score (nSPS) is 19.2. The second-order valence-corrected chi connectivity index (χ2v) is 4.59. The Kier molecular flexibility index (Phi) is 4.15. The van der Waals surface area contributed by atoms with Crippen LogP contribution in [0.1, 0.15) is 31.7 Å². The molecule has 1 unspecified atom stereocenters. The molecule has 17 heavy (non-hydrogen) atoms. The zero-order valence-corrected chi connectivity index (χ0v) is 10.3. The van der Waals surface area contributed by atoms with E-state index in [9.17, 15) is 4.79 Å². The van der Waals surface area contributed by atoms with E-state index in [1.165, 1.54) is 5.56 Å². The number of carbonyl (C=O) groups is 1. The Balaban J connectivity index is 1.91. The Hall–Kier alpha value is -1.35. The molecular formula is C14H20N2O. The van der Waals surface area contributed by atoms with Crippen molar-refractivity contribution in [1.29, 1.82) is 0 Å². The van der Waals surface area contributed by atoms with Gasteiger partial charge in [-0.15, -0.1) is 0 Å². The van der Waals surface area contributed by atoms with E-state index in [1.807, 2.05) is 12.1 Å². The van der Waals surface area contributed by atoms with Gasteiger partial charge in [-0.3, -0.25) is 4.79 Å². The number of carbonyl (C=O) groups excluding carboxylic acids is 1. The van der Waals surface area contributed by atoms with Crippen molar-refractivity contribution in [2.45, 2.75) is 38.6 Å². The van der Waals surface area contributed by atoms with Crippen molar-refractivity contribution in [2.24, 2.45) is 0 Å². The second-order valence-electron chi connectivity index (χ2n) is 4.59. The van der Waals surface area contributed by atoms with Crippen LogP contribution < -0.4 is 10.6 Å². The zero-order chi connectivity index (χ0) is 12.1. The van der Waals surface area contributed by atoms with Gasteiger partial charge in [-0.1, -0.05) is 25.5 Å². The maximum Gasteiger partial charge on any atom is 0.241 e. The number of aryl methyl sites for hydroxylation is 1. The van der Waals surface area contributed by atoms with Gasteiger partial charge < -0.3 is 10.6 Å². The lowest BCUT2D eigenvalue weighted by atomic mass is 10.1. The van der Waals surface area contributed by atoms with Crippen molar-refractivity contribution in [3.63, 3.8) is 0 Å². The van der Waals surface area contributed by atoms with Gasteiger partial charge in [-0.2, -0.15) is 0 Å². The third-order valence-corrected chi connectivity index (χ3v) is 3.14. The number of benzene rings is 1. The van der Waals surface area contributed by atoms with Crippen molar-refractivity contribution < 1.29 is 4.79 Å². The summed E-state index contributed by atoms with van der Waals surface area (Å²) < 4.78 is 0. The van der Waals surface area contributed by atoms with Gasteiger partial charge in [-0.25, -0.2) is 0 Å². The van der Waals surface area contributed by atoms with E-state index in [2.05, 4.69) is 29.7 Å². The maximum absolute atomic E-state index is 11.9. The third-order valence-electron chi connectivity index (χ3n) is 3.14. The van der Waals surface area contributed by atoms with Crippen LogP contribution in [0.3, 0.4) is 0 Å². The predicted octanol–water partition coefficient (Wildman–Crippen LogP) is 2.33. The highest BCUT2D eigenvalue weighted by Crippen LogP contribution is 2.13. The zero-order valence-electron chi connectivity index (χ0n) is 10.3. The van der Waals surface area contributed by atoms with Gasteiger partial charge in [0.15, 0.2) is 0 Å². The lowest BCUT2D eigenvalue weighted by Gasteiger charge is -2.11. The molecule has 3 nitrogen and oxygen atoms in total. The van der Waals surface area contributed by atoms with E-state index in [-0.39, 0.29) is 11.9 Å². The molecule has 1 aliphatic heterocycles. The number of nitrogens with one attached hydrogen (secondary N) is 2. The predicted molar refractivity (Wildman–Crippen MR) is 70.1 cm³/mol. The standard InChI is InChI=1S/C14H20N2O/c1-2-4-11-6-8-12(9-7-11)16-14(17)13-5-3-10-15-13/h6-9,13,15H,2-5,10H2,1H3,(H,16,17). The Bertz CT molecular complexity index is 366. The minimum absolute atomic E-state index is 0.00896. The summed E-state index contributed by atoms with van der Waals surface area (Å²) in [4.78, 5) is 11.9. The molecule has 1 aromatic carbocycles. The lowest BCUT2D eigenvalue weighted by molar-refractivity contribution is -0.117. The monoisotopic (exact) mass is 232 g/mol. The Labute approximate surface area is 103 Å². The molecule has 0 radical (unpaired) electrons. The summed E-state index contributed by atoms with van der Waals surface area (Å²) in [5.74, 6) is 0.0886. The van der Waals surface area contributed by atoms with Crippen molar-refractivity contribution in [1.82, 2.24) is 5.32 Å². The molecule has 1 amide bonds. The first-order valence-corrected chi connectivity index (χ1v) is 6.43. The van der Waals surface area contributed by atoms with E-state index in [0.29, 0.717) is 0 Å². The van der Waals surface area contributed by atoms with Crippen molar-refractivity contribution in [2.75, 3.05) is 11.9 Å². The molecule has 0 aromatic heterocycles. The molecule has 3 heteroatoms. The topological polar surface area (TPSA) is 41.1 Å². The fourth-order valence-electron chi connectivity index (χ4n) is 2.18. The van der Waals surface area contributed by atoms with Crippen LogP contribution in [-0.2, 0) is 11.2 Å². The molecular weight excluding hydrogens is 212 g/mol.